The summed E-state index contributed by atoms with van der Waals surface area (Å²) in [5.74, 6) is 1.12. The zero-order valence-corrected chi connectivity index (χ0v) is 22.4. The lowest BCUT2D eigenvalue weighted by atomic mass is 10.2. The maximum Gasteiger partial charge on any atom is 0.405 e. The van der Waals surface area contributed by atoms with Gasteiger partial charge in [0.2, 0.25) is 5.89 Å². The van der Waals surface area contributed by atoms with Crippen molar-refractivity contribution < 1.29 is 37.0 Å². The summed E-state index contributed by atoms with van der Waals surface area (Å²) >= 11 is 0. The van der Waals surface area contributed by atoms with Gasteiger partial charge in [-0.15, -0.1) is 0 Å². The first-order valence-corrected chi connectivity index (χ1v) is 12.8. The summed E-state index contributed by atoms with van der Waals surface area (Å²) in [4.78, 5) is 34.1. The molecule has 2 heterocycles. The molecule has 1 aliphatic rings. The van der Waals surface area contributed by atoms with Crippen LogP contribution < -0.4 is 20.5 Å². The fraction of sp³-hybridized carbons (Fsp3) is 0.407. The lowest BCUT2D eigenvalue weighted by Crippen LogP contribution is -2.26. The number of amides is 2. The molecular formula is C27H31F2N5O6. The van der Waals surface area contributed by atoms with Crippen LogP contribution in [-0.4, -0.2) is 53.7 Å². The smallest absolute Gasteiger partial charge is 0.405 e. The molecule has 3 N–H and O–H groups in total. The number of hydrogen-bond donors (Lipinski definition) is 2. The molecular weight excluding hydrogens is 528 g/mol. The minimum absolute atomic E-state index is 0.100. The zero-order valence-electron chi connectivity index (χ0n) is 22.4. The summed E-state index contributed by atoms with van der Waals surface area (Å²) in [5, 5.41) is 3.11. The summed E-state index contributed by atoms with van der Waals surface area (Å²) in [6.07, 6.45) is 1.64. The van der Waals surface area contributed by atoms with Crippen LogP contribution >= 0.6 is 0 Å². The number of carbonyl (C=O) groups is 2. The van der Waals surface area contributed by atoms with Gasteiger partial charge < -0.3 is 34.6 Å². The molecule has 1 fully saturated rings. The third-order valence-electron chi connectivity index (χ3n) is 6.24. The molecule has 1 unspecified atom stereocenters. The van der Waals surface area contributed by atoms with Gasteiger partial charge in [0.15, 0.2) is 23.4 Å². The molecule has 1 saturated carbocycles. The molecule has 0 bridgehead atoms. The quantitative estimate of drug-likeness (QED) is 0.296. The number of primary amides is 1. The number of oxazole rings is 1. The molecule has 11 nitrogen and oxygen atoms in total. The Kier molecular flexibility index (Phi) is 9.02. The van der Waals surface area contributed by atoms with Gasteiger partial charge in [-0.2, -0.15) is 8.78 Å². The van der Waals surface area contributed by atoms with Crippen molar-refractivity contribution >= 4 is 17.8 Å². The monoisotopic (exact) mass is 559 g/mol. The summed E-state index contributed by atoms with van der Waals surface area (Å²) < 4.78 is 47.3. The van der Waals surface area contributed by atoms with Crippen LogP contribution in [0.15, 0.2) is 40.9 Å². The van der Waals surface area contributed by atoms with Crippen LogP contribution in [0.1, 0.15) is 54.6 Å². The van der Waals surface area contributed by atoms with Gasteiger partial charge in [-0.3, -0.25) is 4.79 Å². The number of aromatic nitrogens is 2. The summed E-state index contributed by atoms with van der Waals surface area (Å²) in [6, 6.07) is 7.70. The van der Waals surface area contributed by atoms with Crippen molar-refractivity contribution in [2.24, 2.45) is 11.7 Å². The summed E-state index contributed by atoms with van der Waals surface area (Å²) in [6.45, 7) is 1.51. The lowest BCUT2D eigenvalue weighted by molar-refractivity contribution is -0.0515. The molecule has 0 spiro atoms. The second kappa shape index (κ2) is 12.6. The Hall–Kier alpha value is -4.42. The molecule has 1 aromatic carbocycles. The van der Waals surface area contributed by atoms with Crippen LogP contribution in [-0.2, 0) is 11.3 Å². The van der Waals surface area contributed by atoms with E-state index in [1.54, 1.807) is 31.0 Å². The van der Waals surface area contributed by atoms with Crippen molar-refractivity contribution in [2.75, 3.05) is 25.5 Å². The van der Waals surface area contributed by atoms with E-state index in [-0.39, 0.29) is 35.6 Å². The fourth-order valence-electron chi connectivity index (χ4n) is 3.76. The van der Waals surface area contributed by atoms with Crippen molar-refractivity contribution in [3.05, 3.63) is 53.5 Å². The first kappa shape index (κ1) is 28.6. The predicted octanol–water partition coefficient (Wildman–Crippen LogP) is 4.99. The standard InChI is InChI=1S/C27H31F2N5O6/c1-4-34(3)25(35)18-8-10-22(31-12-18)32-13-19-23(15(2)38-27(30)36)40-24(33-19)17-7-9-20(39-26(28)29)21(11-17)37-14-16-5-6-16/h7-12,15-16,26H,4-6,13-14H2,1-3H3,(H2,30,36)(H,31,32). The maximum atomic E-state index is 12.9. The first-order chi connectivity index (χ1) is 19.1. The first-order valence-electron chi connectivity index (χ1n) is 12.8. The van der Waals surface area contributed by atoms with E-state index >= 15 is 0 Å². The van der Waals surface area contributed by atoms with Crippen molar-refractivity contribution in [1.29, 1.82) is 0 Å². The van der Waals surface area contributed by atoms with Gasteiger partial charge in [0.05, 0.1) is 18.7 Å². The number of anilines is 1. The highest BCUT2D eigenvalue weighted by molar-refractivity contribution is 5.93. The third-order valence-corrected chi connectivity index (χ3v) is 6.24. The predicted molar refractivity (Wildman–Crippen MR) is 140 cm³/mol. The molecule has 4 rings (SSSR count). The molecule has 0 saturated heterocycles. The van der Waals surface area contributed by atoms with E-state index in [1.807, 2.05) is 6.92 Å². The van der Waals surface area contributed by atoms with Gasteiger partial charge in [0.25, 0.3) is 5.91 Å². The number of carbonyl (C=O) groups excluding carboxylic acids is 2. The van der Waals surface area contributed by atoms with Gasteiger partial charge >= 0.3 is 12.7 Å². The summed E-state index contributed by atoms with van der Waals surface area (Å²) in [5.41, 5.74) is 6.48. The molecule has 2 amide bonds. The highest BCUT2D eigenvalue weighted by atomic mass is 19.3. The Morgan fingerprint density at radius 3 is 2.62 bits per heavy atom. The number of halogens is 2. The van der Waals surface area contributed by atoms with Crippen LogP contribution in [0.5, 0.6) is 11.5 Å². The van der Waals surface area contributed by atoms with Gasteiger partial charge in [-0.25, -0.2) is 14.8 Å². The lowest BCUT2D eigenvalue weighted by Gasteiger charge is -2.14. The Morgan fingerprint density at radius 1 is 1.23 bits per heavy atom. The average molecular weight is 560 g/mol. The van der Waals surface area contributed by atoms with Gasteiger partial charge in [0.1, 0.15) is 11.5 Å². The van der Waals surface area contributed by atoms with E-state index < -0.39 is 18.8 Å². The van der Waals surface area contributed by atoms with E-state index in [2.05, 4.69) is 20.0 Å². The Balaban J connectivity index is 1.58. The van der Waals surface area contributed by atoms with Gasteiger partial charge in [-0.05, 0) is 62.9 Å². The average Bonchev–Trinajstić information content (AvgIpc) is 3.66. The van der Waals surface area contributed by atoms with E-state index in [0.717, 1.165) is 12.8 Å². The fourth-order valence-corrected chi connectivity index (χ4v) is 3.76. The third kappa shape index (κ3) is 7.36. The highest BCUT2D eigenvalue weighted by Gasteiger charge is 2.25. The van der Waals surface area contributed by atoms with Crippen molar-refractivity contribution in [2.45, 2.75) is 45.9 Å². The number of hydrogen-bond acceptors (Lipinski definition) is 9. The number of nitrogens with one attached hydrogen (secondary N) is 1. The topological polar surface area (TPSA) is 142 Å². The van der Waals surface area contributed by atoms with E-state index in [1.165, 1.54) is 24.4 Å². The molecule has 0 aliphatic heterocycles. The Labute approximate surface area is 229 Å². The number of nitrogens with zero attached hydrogens (tertiary/aromatic N) is 3. The molecule has 13 heteroatoms. The second-order valence-corrected chi connectivity index (χ2v) is 9.31. The summed E-state index contributed by atoms with van der Waals surface area (Å²) in [7, 11) is 1.70. The van der Waals surface area contributed by atoms with Crippen LogP contribution in [0.2, 0.25) is 0 Å². The Bertz CT molecular complexity index is 1330. The number of rotatable bonds is 13. The van der Waals surface area contributed by atoms with Gasteiger partial charge in [-0.1, -0.05) is 0 Å². The minimum atomic E-state index is -3.01. The van der Waals surface area contributed by atoms with E-state index in [9.17, 15) is 18.4 Å². The zero-order chi connectivity index (χ0) is 28.8. The number of nitrogens with two attached hydrogens (primary N) is 1. The van der Waals surface area contributed by atoms with Crippen molar-refractivity contribution in [3.8, 4) is 23.0 Å². The number of alkyl halides is 2. The van der Waals surface area contributed by atoms with Crippen LogP contribution in [0.3, 0.4) is 0 Å². The number of benzene rings is 1. The number of pyridine rings is 1. The minimum Gasteiger partial charge on any atom is -0.489 e. The molecule has 3 aromatic rings. The van der Waals surface area contributed by atoms with Crippen molar-refractivity contribution in [3.63, 3.8) is 0 Å². The van der Waals surface area contributed by atoms with E-state index in [0.29, 0.717) is 41.7 Å². The molecule has 1 atom stereocenters. The van der Waals surface area contributed by atoms with E-state index in [4.69, 9.17) is 19.6 Å². The molecule has 1 aliphatic carbocycles. The van der Waals surface area contributed by atoms with Crippen LogP contribution in [0.25, 0.3) is 11.5 Å². The van der Waals surface area contributed by atoms with Crippen LogP contribution in [0, 0.1) is 5.92 Å². The number of ether oxygens (including phenoxy) is 3. The SMILES string of the molecule is CCN(C)C(=O)c1ccc(NCc2nc(-c3ccc(OC(F)F)c(OCC4CC4)c3)oc2C(C)OC(N)=O)nc1. The van der Waals surface area contributed by atoms with Crippen molar-refractivity contribution in [1.82, 2.24) is 14.9 Å². The highest BCUT2D eigenvalue weighted by Crippen LogP contribution is 2.37. The molecule has 214 valence electrons. The molecule has 40 heavy (non-hydrogen) atoms. The molecule has 2 aromatic heterocycles. The second-order valence-electron chi connectivity index (χ2n) is 9.31. The molecule has 0 radical (unpaired) electrons. The largest absolute Gasteiger partial charge is 0.489 e. The normalized spacial score (nSPS) is 13.6. The Morgan fingerprint density at radius 2 is 2.00 bits per heavy atom. The van der Waals surface area contributed by atoms with Crippen LogP contribution in [0.4, 0.5) is 19.4 Å². The van der Waals surface area contributed by atoms with Gasteiger partial charge in [0, 0.05) is 25.4 Å². The maximum absolute atomic E-state index is 12.9.